The number of carbonyl (C=O) groups excluding carboxylic acids is 1. The molecule has 7 nitrogen and oxygen atoms in total. The first-order valence-electron chi connectivity index (χ1n) is 9.73. The zero-order chi connectivity index (χ0) is 21.1. The lowest BCUT2D eigenvalue weighted by Gasteiger charge is -2.12. The highest BCUT2D eigenvalue weighted by Crippen LogP contribution is 2.27. The molecule has 0 bridgehead atoms. The van der Waals surface area contributed by atoms with Gasteiger partial charge >= 0.3 is 0 Å². The van der Waals surface area contributed by atoms with Gasteiger partial charge in [-0.15, -0.1) is 10.2 Å². The molecule has 8 heteroatoms. The highest BCUT2D eigenvalue weighted by atomic mass is 32.2. The van der Waals surface area contributed by atoms with Crippen LogP contribution in [-0.2, 0) is 11.3 Å². The molecule has 0 aliphatic carbocycles. The average molecular weight is 423 g/mol. The maximum Gasteiger partial charge on any atom is 0.262 e. The van der Waals surface area contributed by atoms with E-state index in [-0.39, 0.29) is 16.6 Å². The van der Waals surface area contributed by atoms with Crippen molar-refractivity contribution in [1.82, 2.24) is 19.2 Å². The Balaban J connectivity index is 1.78. The minimum Gasteiger partial charge on any atom is -0.385 e. The number of aromatic nitrogens is 4. The van der Waals surface area contributed by atoms with E-state index in [0.717, 1.165) is 5.52 Å². The topological polar surface area (TPSA) is 78.5 Å². The lowest BCUT2D eigenvalue weighted by Crippen LogP contribution is -2.24. The van der Waals surface area contributed by atoms with Gasteiger partial charge in [-0.1, -0.05) is 54.2 Å². The number of fused-ring (bicyclic) bond motifs is 3. The van der Waals surface area contributed by atoms with Crippen LogP contribution in [0.2, 0.25) is 0 Å². The number of nitrogens with zero attached hydrogens (tertiary/aromatic N) is 4. The van der Waals surface area contributed by atoms with E-state index in [1.165, 1.54) is 11.8 Å². The van der Waals surface area contributed by atoms with Gasteiger partial charge in [0, 0.05) is 25.8 Å². The summed E-state index contributed by atoms with van der Waals surface area (Å²) in [6.45, 7) is 2.88. The molecule has 0 fully saturated rings. The fourth-order valence-corrected chi connectivity index (χ4v) is 4.36. The Kier molecular flexibility index (Phi) is 5.96. The Labute approximate surface area is 177 Å². The van der Waals surface area contributed by atoms with Crippen LogP contribution < -0.4 is 5.56 Å². The van der Waals surface area contributed by atoms with Crippen molar-refractivity contribution in [3.8, 4) is 0 Å². The smallest absolute Gasteiger partial charge is 0.262 e. The van der Waals surface area contributed by atoms with Crippen LogP contribution in [0.5, 0.6) is 0 Å². The lowest BCUT2D eigenvalue weighted by atomic mass is 10.1. The Morgan fingerprint density at radius 3 is 2.60 bits per heavy atom. The normalized spacial score (nSPS) is 12.5. The van der Waals surface area contributed by atoms with Crippen LogP contribution in [-0.4, -0.2) is 43.9 Å². The van der Waals surface area contributed by atoms with Crippen LogP contribution >= 0.6 is 11.8 Å². The largest absolute Gasteiger partial charge is 0.385 e. The van der Waals surface area contributed by atoms with Crippen LogP contribution in [0.15, 0.2) is 64.5 Å². The van der Waals surface area contributed by atoms with E-state index in [2.05, 4.69) is 10.2 Å². The quantitative estimate of drug-likeness (QED) is 0.246. The average Bonchev–Trinajstić information content (AvgIpc) is 3.19. The van der Waals surface area contributed by atoms with Gasteiger partial charge in [-0.3, -0.25) is 18.6 Å². The number of ketones is 1. The lowest BCUT2D eigenvalue weighted by molar-refractivity contribution is 0.0994. The number of benzene rings is 2. The van der Waals surface area contributed by atoms with E-state index in [1.807, 2.05) is 59.9 Å². The first-order chi connectivity index (χ1) is 14.6. The summed E-state index contributed by atoms with van der Waals surface area (Å²) in [5, 5.41) is 9.44. The molecule has 0 saturated heterocycles. The van der Waals surface area contributed by atoms with Crippen molar-refractivity contribution in [1.29, 1.82) is 0 Å². The van der Waals surface area contributed by atoms with Crippen molar-refractivity contribution in [2.24, 2.45) is 0 Å². The first kappa shape index (κ1) is 20.3. The van der Waals surface area contributed by atoms with E-state index in [0.29, 0.717) is 41.5 Å². The van der Waals surface area contributed by atoms with Crippen LogP contribution in [0.25, 0.3) is 16.7 Å². The summed E-state index contributed by atoms with van der Waals surface area (Å²) in [4.78, 5) is 25.9. The summed E-state index contributed by atoms with van der Waals surface area (Å²) in [5.74, 6) is 0.492. The summed E-state index contributed by atoms with van der Waals surface area (Å²) >= 11 is 1.34. The number of hydrogen-bond acceptors (Lipinski definition) is 6. The predicted octanol–water partition coefficient (Wildman–Crippen LogP) is 3.44. The Morgan fingerprint density at radius 2 is 1.83 bits per heavy atom. The third-order valence-electron chi connectivity index (χ3n) is 4.92. The summed E-state index contributed by atoms with van der Waals surface area (Å²) in [6.07, 6.45) is 0.683. The zero-order valence-corrected chi connectivity index (χ0v) is 17.6. The number of rotatable bonds is 8. The molecule has 1 unspecified atom stereocenters. The molecule has 0 spiro atoms. The molecule has 0 aliphatic heterocycles. The first-order valence-corrected chi connectivity index (χ1v) is 10.6. The van der Waals surface area contributed by atoms with E-state index in [9.17, 15) is 9.59 Å². The molecule has 2 aromatic carbocycles. The van der Waals surface area contributed by atoms with Crippen LogP contribution in [0, 0.1) is 0 Å². The molecule has 30 heavy (non-hydrogen) atoms. The van der Waals surface area contributed by atoms with E-state index in [4.69, 9.17) is 4.74 Å². The van der Waals surface area contributed by atoms with Crippen LogP contribution in [0.1, 0.15) is 23.7 Å². The molecule has 2 heterocycles. The number of aryl methyl sites for hydroxylation is 1. The Bertz CT molecular complexity index is 1250. The molecular formula is C22H22N4O3S. The summed E-state index contributed by atoms with van der Waals surface area (Å²) in [6, 6.07) is 16.6. The summed E-state index contributed by atoms with van der Waals surface area (Å²) in [7, 11) is 1.63. The molecule has 1 atom stereocenters. The highest BCUT2D eigenvalue weighted by Gasteiger charge is 2.22. The molecule has 0 aliphatic rings. The zero-order valence-electron chi connectivity index (χ0n) is 16.8. The molecule has 4 rings (SSSR count). The number of Topliss-reactive ketones (excluding diaryl/α,β-unsaturated/α-hetero) is 1. The minimum absolute atomic E-state index is 0.0232. The Morgan fingerprint density at radius 1 is 1.10 bits per heavy atom. The van der Waals surface area contributed by atoms with Gasteiger partial charge in [-0.2, -0.15) is 0 Å². The third-order valence-corrected chi connectivity index (χ3v) is 5.96. The van der Waals surface area contributed by atoms with E-state index in [1.54, 1.807) is 17.7 Å². The number of ether oxygens (including phenoxy) is 1. The summed E-state index contributed by atoms with van der Waals surface area (Å²) < 4.78 is 8.62. The van der Waals surface area contributed by atoms with Crippen molar-refractivity contribution in [2.45, 2.75) is 30.3 Å². The minimum atomic E-state index is -0.354. The fourth-order valence-electron chi connectivity index (χ4n) is 3.43. The van der Waals surface area contributed by atoms with Gasteiger partial charge in [0.2, 0.25) is 5.78 Å². The van der Waals surface area contributed by atoms with Crippen LogP contribution in [0.3, 0.4) is 0 Å². The van der Waals surface area contributed by atoms with Gasteiger partial charge < -0.3 is 4.74 Å². The van der Waals surface area contributed by atoms with Crippen molar-refractivity contribution < 1.29 is 9.53 Å². The maximum atomic E-state index is 13.0. The predicted molar refractivity (Wildman–Crippen MR) is 117 cm³/mol. The molecule has 4 aromatic rings. The van der Waals surface area contributed by atoms with Gasteiger partial charge in [-0.25, -0.2) is 0 Å². The molecule has 2 aromatic heterocycles. The monoisotopic (exact) mass is 422 g/mol. The summed E-state index contributed by atoms with van der Waals surface area (Å²) in [5.41, 5.74) is 1.28. The van der Waals surface area contributed by atoms with Crippen molar-refractivity contribution in [3.05, 3.63) is 70.5 Å². The number of methoxy groups -OCH3 is 1. The fraction of sp³-hybridized carbons (Fsp3) is 0.273. The van der Waals surface area contributed by atoms with Gasteiger partial charge in [0.1, 0.15) is 0 Å². The molecule has 0 amide bonds. The van der Waals surface area contributed by atoms with Crippen molar-refractivity contribution >= 4 is 34.2 Å². The Hall–Kier alpha value is -2.97. The molecule has 0 N–H and O–H groups in total. The second-order valence-corrected chi connectivity index (χ2v) is 8.24. The maximum absolute atomic E-state index is 13.0. The number of para-hydroxylation sites is 1. The second-order valence-electron chi connectivity index (χ2n) is 6.93. The van der Waals surface area contributed by atoms with Crippen LogP contribution in [0.4, 0.5) is 0 Å². The number of hydrogen-bond donors (Lipinski definition) is 0. The number of thioether (sulfide) groups is 1. The molecular weight excluding hydrogens is 400 g/mol. The third kappa shape index (κ3) is 3.76. The molecule has 0 radical (unpaired) electrons. The molecule has 0 saturated carbocycles. The molecule has 154 valence electrons. The standard InChI is InChI=1S/C22H22N4O3S/c1-15(19(27)16-9-4-3-5-10-16)30-22-24-23-21-25(13-8-14-29-2)20(28)17-11-6-7-12-18(17)26(21)22/h3-7,9-12,15H,8,13-14H2,1-2H3. The number of carbonyl (C=O) groups is 1. The van der Waals surface area contributed by atoms with E-state index >= 15 is 0 Å². The van der Waals surface area contributed by atoms with Crippen molar-refractivity contribution in [3.63, 3.8) is 0 Å². The van der Waals surface area contributed by atoms with Gasteiger partial charge in [-0.05, 0) is 25.5 Å². The van der Waals surface area contributed by atoms with Gasteiger partial charge in [0.15, 0.2) is 10.9 Å². The second kappa shape index (κ2) is 8.81. The van der Waals surface area contributed by atoms with Crippen molar-refractivity contribution in [2.75, 3.05) is 13.7 Å². The van der Waals surface area contributed by atoms with E-state index < -0.39 is 0 Å². The van der Waals surface area contributed by atoms with Gasteiger partial charge in [0.25, 0.3) is 5.56 Å². The SMILES string of the molecule is COCCCn1c(=O)c2ccccc2n2c(SC(C)C(=O)c3ccccc3)nnc12. The highest BCUT2D eigenvalue weighted by molar-refractivity contribution is 8.00. The van der Waals surface area contributed by atoms with Gasteiger partial charge in [0.05, 0.1) is 16.2 Å².